The number of halogens is 1. The molecule has 0 radical (unpaired) electrons. The Bertz CT molecular complexity index is 1060. The van der Waals surface area contributed by atoms with Gasteiger partial charge >= 0.3 is 0 Å². The van der Waals surface area contributed by atoms with E-state index in [4.69, 9.17) is 16.6 Å². The van der Waals surface area contributed by atoms with Gasteiger partial charge in [0.1, 0.15) is 5.75 Å². The molecule has 1 N–H and O–H groups in total. The number of rotatable bonds is 3. The smallest absolute Gasteiger partial charge is 0.116 e. The van der Waals surface area contributed by atoms with Crippen molar-refractivity contribution in [1.29, 1.82) is 0 Å². The van der Waals surface area contributed by atoms with Gasteiger partial charge in [0.2, 0.25) is 0 Å². The third-order valence-corrected chi connectivity index (χ3v) is 4.41. The molecule has 2 aromatic carbocycles. The molecule has 0 unspecified atom stereocenters. The first-order valence-electron chi connectivity index (χ1n) is 8.18. The van der Waals surface area contributed by atoms with Gasteiger partial charge in [-0.3, -0.25) is 4.98 Å². The van der Waals surface area contributed by atoms with Crippen LogP contribution in [0.1, 0.15) is 0 Å². The highest BCUT2D eigenvalue weighted by molar-refractivity contribution is 6.33. The van der Waals surface area contributed by atoms with Crippen molar-refractivity contribution in [3.8, 4) is 39.5 Å². The van der Waals surface area contributed by atoms with Crippen molar-refractivity contribution >= 4 is 11.6 Å². The summed E-state index contributed by atoms with van der Waals surface area (Å²) in [6, 6.07) is 24.4. The molecule has 0 amide bonds. The van der Waals surface area contributed by atoms with Crippen LogP contribution in [0.5, 0.6) is 5.75 Å². The second-order valence-corrected chi connectivity index (χ2v) is 6.28. The summed E-state index contributed by atoms with van der Waals surface area (Å²) < 4.78 is 0. The number of pyridine rings is 2. The summed E-state index contributed by atoms with van der Waals surface area (Å²) in [6.07, 6.45) is 1.74. The highest BCUT2D eigenvalue weighted by atomic mass is 35.5. The van der Waals surface area contributed by atoms with Crippen molar-refractivity contribution in [2.24, 2.45) is 0 Å². The average Bonchev–Trinajstić information content (AvgIpc) is 2.69. The molecule has 0 aliphatic carbocycles. The highest BCUT2D eigenvalue weighted by Gasteiger charge is 2.11. The zero-order chi connectivity index (χ0) is 17.9. The minimum absolute atomic E-state index is 0.220. The summed E-state index contributed by atoms with van der Waals surface area (Å²) in [7, 11) is 0. The Morgan fingerprint density at radius 3 is 2.27 bits per heavy atom. The molecule has 0 saturated carbocycles. The molecule has 0 spiro atoms. The van der Waals surface area contributed by atoms with E-state index in [9.17, 15) is 5.11 Å². The van der Waals surface area contributed by atoms with Crippen LogP contribution in [0.3, 0.4) is 0 Å². The van der Waals surface area contributed by atoms with Crippen molar-refractivity contribution in [2.75, 3.05) is 0 Å². The number of hydrogen-bond donors (Lipinski definition) is 1. The monoisotopic (exact) mass is 358 g/mol. The Hall–Kier alpha value is -3.17. The SMILES string of the molecule is Oc1cccc(-c2cc(-c3ccccn3)nc(-c3ccccc3Cl)c2)c1. The molecule has 26 heavy (non-hydrogen) atoms. The molecule has 0 atom stereocenters. The highest BCUT2D eigenvalue weighted by Crippen LogP contribution is 2.33. The van der Waals surface area contributed by atoms with E-state index >= 15 is 0 Å². The van der Waals surface area contributed by atoms with Gasteiger partial charge < -0.3 is 5.11 Å². The Labute approximate surface area is 156 Å². The van der Waals surface area contributed by atoms with Gasteiger partial charge in [-0.2, -0.15) is 0 Å². The largest absolute Gasteiger partial charge is 0.508 e. The molecule has 0 saturated heterocycles. The quantitative estimate of drug-likeness (QED) is 0.500. The van der Waals surface area contributed by atoms with Crippen LogP contribution in [-0.4, -0.2) is 15.1 Å². The lowest BCUT2D eigenvalue weighted by Gasteiger charge is -2.11. The van der Waals surface area contributed by atoms with E-state index in [0.29, 0.717) is 5.02 Å². The maximum absolute atomic E-state index is 9.84. The predicted molar refractivity (Wildman–Crippen MR) is 105 cm³/mol. The van der Waals surface area contributed by atoms with Crippen molar-refractivity contribution in [1.82, 2.24) is 9.97 Å². The first-order chi connectivity index (χ1) is 12.7. The molecule has 0 aliphatic rings. The number of aromatic nitrogens is 2. The Balaban J connectivity index is 1.95. The van der Waals surface area contributed by atoms with Gasteiger partial charge in [-0.1, -0.05) is 48.0 Å². The van der Waals surface area contributed by atoms with Gasteiger partial charge in [0.25, 0.3) is 0 Å². The minimum Gasteiger partial charge on any atom is -0.508 e. The Kier molecular flexibility index (Phi) is 4.38. The molecule has 4 rings (SSSR count). The molecule has 0 bridgehead atoms. The number of nitrogens with zero attached hydrogens (tertiary/aromatic N) is 2. The van der Waals surface area contributed by atoms with Gasteiger partial charge in [-0.05, 0) is 53.6 Å². The summed E-state index contributed by atoms with van der Waals surface area (Å²) in [6.45, 7) is 0. The standard InChI is InChI=1S/C22H15ClN2O/c23-19-9-2-1-8-18(19)21-13-16(15-6-5-7-17(26)12-15)14-22(25-21)20-10-3-4-11-24-20/h1-14,26H. The molecule has 3 nitrogen and oxygen atoms in total. The van der Waals surface area contributed by atoms with Crippen LogP contribution in [-0.2, 0) is 0 Å². The van der Waals surface area contributed by atoms with Crippen LogP contribution < -0.4 is 0 Å². The molecule has 4 aromatic rings. The van der Waals surface area contributed by atoms with Crippen molar-refractivity contribution in [2.45, 2.75) is 0 Å². The molecule has 4 heteroatoms. The number of hydrogen-bond acceptors (Lipinski definition) is 3. The average molecular weight is 359 g/mol. The Morgan fingerprint density at radius 1 is 0.692 bits per heavy atom. The van der Waals surface area contributed by atoms with E-state index in [0.717, 1.165) is 33.8 Å². The predicted octanol–water partition coefficient (Wildman–Crippen LogP) is 5.84. The zero-order valence-electron chi connectivity index (χ0n) is 13.8. The van der Waals surface area contributed by atoms with E-state index in [1.54, 1.807) is 18.3 Å². The number of phenols is 1. The molecule has 126 valence electrons. The number of benzene rings is 2. The van der Waals surface area contributed by atoms with Crippen LogP contribution >= 0.6 is 11.6 Å². The maximum Gasteiger partial charge on any atom is 0.116 e. The second-order valence-electron chi connectivity index (χ2n) is 5.87. The van der Waals surface area contributed by atoms with E-state index in [2.05, 4.69) is 4.98 Å². The third kappa shape index (κ3) is 3.30. The fourth-order valence-corrected chi connectivity index (χ4v) is 3.07. The van der Waals surface area contributed by atoms with E-state index in [1.165, 1.54) is 0 Å². The lowest BCUT2D eigenvalue weighted by molar-refractivity contribution is 0.475. The summed E-state index contributed by atoms with van der Waals surface area (Å²) >= 11 is 6.39. The summed E-state index contributed by atoms with van der Waals surface area (Å²) in [4.78, 5) is 9.19. The van der Waals surface area contributed by atoms with Crippen molar-refractivity contribution < 1.29 is 5.11 Å². The molecular formula is C22H15ClN2O. The number of phenolic OH excluding ortho intramolecular Hbond substituents is 1. The maximum atomic E-state index is 9.84. The minimum atomic E-state index is 0.220. The van der Waals surface area contributed by atoms with Gasteiger partial charge in [0.05, 0.1) is 17.1 Å². The summed E-state index contributed by atoms with van der Waals surface area (Å²) in [5.41, 5.74) is 4.99. The molecule has 2 aromatic heterocycles. The number of aromatic hydroxyl groups is 1. The zero-order valence-corrected chi connectivity index (χ0v) is 14.6. The van der Waals surface area contributed by atoms with Crippen LogP contribution in [0, 0.1) is 0 Å². The first-order valence-corrected chi connectivity index (χ1v) is 8.56. The summed E-state index contributed by atoms with van der Waals surface area (Å²) in [5.74, 6) is 0.220. The topological polar surface area (TPSA) is 46.0 Å². The Morgan fingerprint density at radius 2 is 1.50 bits per heavy atom. The first kappa shape index (κ1) is 16.3. The molecular weight excluding hydrogens is 344 g/mol. The van der Waals surface area contributed by atoms with Crippen molar-refractivity contribution in [3.05, 3.63) is 90.1 Å². The normalized spacial score (nSPS) is 10.7. The van der Waals surface area contributed by atoms with Gasteiger partial charge in [0, 0.05) is 16.8 Å². The van der Waals surface area contributed by atoms with Crippen LogP contribution in [0.25, 0.3) is 33.8 Å². The van der Waals surface area contributed by atoms with Crippen LogP contribution in [0.15, 0.2) is 85.1 Å². The lowest BCUT2D eigenvalue weighted by Crippen LogP contribution is -1.93. The van der Waals surface area contributed by atoms with E-state index in [1.807, 2.05) is 66.7 Å². The van der Waals surface area contributed by atoms with E-state index < -0.39 is 0 Å². The van der Waals surface area contributed by atoms with E-state index in [-0.39, 0.29) is 5.75 Å². The third-order valence-electron chi connectivity index (χ3n) is 4.08. The molecule has 0 aliphatic heterocycles. The fourth-order valence-electron chi connectivity index (χ4n) is 2.84. The molecule has 2 heterocycles. The fraction of sp³-hybridized carbons (Fsp3) is 0. The second kappa shape index (κ2) is 6.98. The van der Waals surface area contributed by atoms with Gasteiger partial charge in [0.15, 0.2) is 0 Å². The summed E-state index contributed by atoms with van der Waals surface area (Å²) in [5, 5.41) is 10.5. The van der Waals surface area contributed by atoms with Crippen LogP contribution in [0.2, 0.25) is 5.02 Å². The van der Waals surface area contributed by atoms with Gasteiger partial charge in [-0.15, -0.1) is 0 Å². The lowest BCUT2D eigenvalue weighted by atomic mass is 10.0. The van der Waals surface area contributed by atoms with Crippen molar-refractivity contribution in [3.63, 3.8) is 0 Å². The van der Waals surface area contributed by atoms with Crippen LogP contribution in [0.4, 0.5) is 0 Å². The van der Waals surface area contributed by atoms with Gasteiger partial charge in [-0.25, -0.2) is 4.98 Å². The molecule has 0 fully saturated rings.